The standard InChI is InChI=1S/C12H11N3O2S/c1-17-12(16)9-6-8(2-3-10(9)13)18-11-4-5-14-7-15-11/h2-7H,13H2,1H3. The van der Waals surface area contributed by atoms with Gasteiger partial charge < -0.3 is 10.5 Å². The second kappa shape index (κ2) is 5.50. The molecule has 92 valence electrons. The number of nitrogens with zero attached hydrogens (tertiary/aromatic N) is 2. The largest absolute Gasteiger partial charge is 0.465 e. The van der Waals surface area contributed by atoms with Gasteiger partial charge in [-0.1, -0.05) is 11.8 Å². The van der Waals surface area contributed by atoms with Gasteiger partial charge in [0.25, 0.3) is 0 Å². The molecular formula is C12H11N3O2S. The summed E-state index contributed by atoms with van der Waals surface area (Å²) in [4.78, 5) is 20.3. The van der Waals surface area contributed by atoms with Gasteiger partial charge >= 0.3 is 5.97 Å². The number of nitrogen functional groups attached to an aromatic ring is 1. The molecule has 1 heterocycles. The number of aromatic nitrogens is 2. The van der Waals surface area contributed by atoms with Gasteiger partial charge in [0, 0.05) is 16.8 Å². The van der Waals surface area contributed by atoms with Gasteiger partial charge in [-0.05, 0) is 24.3 Å². The van der Waals surface area contributed by atoms with Gasteiger partial charge in [-0.3, -0.25) is 0 Å². The second-order valence-electron chi connectivity index (χ2n) is 3.39. The molecule has 0 aliphatic heterocycles. The van der Waals surface area contributed by atoms with Crippen molar-refractivity contribution in [2.45, 2.75) is 9.92 Å². The SMILES string of the molecule is COC(=O)c1cc(Sc2ccncn2)ccc1N. The molecule has 0 bridgehead atoms. The number of benzene rings is 1. The lowest BCUT2D eigenvalue weighted by atomic mass is 10.2. The van der Waals surface area contributed by atoms with E-state index >= 15 is 0 Å². The maximum Gasteiger partial charge on any atom is 0.339 e. The molecule has 2 N–H and O–H groups in total. The number of hydrogen-bond donors (Lipinski definition) is 1. The molecule has 18 heavy (non-hydrogen) atoms. The zero-order valence-corrected chi connectivity index (χ0v) is 10.5. The van der Waals surface area contributed by atoms with Crippen molar-refractivity contribution in [1.82, 2.24) is 9.97 Å². The van der Waals surface area contributed by atoms with Gasteiger partial charge in [0.2, 0.25) is 0 Å². The van der Waals surface area contributed by atoms with Crippen molar-refractivity contribution in [3.63, 3.8) is 0 Å². The fourth-order valence-corrected chi connectivity index (χ4v) is 2.13. The minimum atomic E-state index is -0.447. The first-order valence-electron chi connectivity index (χ1n) is 5.12. The number of hydrogen-bond acceptors (Lipinski definition) is 6. The van der Waals surface area contributed by atoms with Crippen LogP contribution in [0, 0.1) is 0 Å². The summed E-state index contributed by atoms with van der Waals surface area (Å²) in [5.41, 5.74) is 6.48. The van der Waals surface area contributed by atoms with E-state index in [4.69, 9.17) is 5.73 Å². The molecule has 6 heteroatoms. The molecule has 1 aromatic heterocycles. The van der Waals surface area contributed by atoms with Gasteiger partial charge in [-0.15, -0.1) is 0 Å². The van der Waals surface area contributed by atoms with E-state index in [1.165, 1.54) is 25.2 Å². The monoisotopic (exact) mass is 261 g/mol. The summed E-state index contributed by atoms with van der Waals surface area (Å²) in [6, 6.07) is 6.98. The van der Waals surface area contributed by atoms with Crippen molar-refractivity contribution in [3.05, 3.63) is 42.4 Å². The van der Waals surface area contributed by atoms with Crippen molar-refractivity contribution in [1.29, 1.82) is 0 Å². The van der Waals surface area contributed by atoms with Crippen molar-refractivity contribution in [2.24, 2.45) is 0 Å². The van der Waals surface area contributed by atoms with Crippen LogP contribution in [0.2, 0.25) is 0 Å². The van der Waals surface area contributed by atoms with Crippen molar-refractivity contribution in [2.75, 3.05) is 12.8 Å². The van der Waals surface area contributed by atoms with Crippen LogP contribution < -0.4 is 5.73 Å². The van der Waals surface area contributed by atoms with E-state index in [9.17, 15) is 4.79 Å². The summed E-state index contributed by atoms with van der Waals surface area (Å²) in [7, 11) is 1.33. The Morgan fingerprint density at radius 3 is 2.89 bits per heavy atom. The Balaban J connectivity index is 2.27. The summed E-state index contributed by atoms with van der Waals surface area (Å²) in [5, 5.41) is 0.797. The molecule has 0 fully saturated rings. The highest BCUT2D eigenvalue weighted by molar-refractivity contribution is 7.99. The lowest BCUT2D eigenvalue weighted by Gasteiger charge is -2.06. The average Bonchev–Trinajstić information content (AvgIpc) is 2.41. The molecule has 0 unspecified atom stereocenters. The number of carbonyl (C=O) groups excluding carboxylic acids is 1. The first-order chi connectivity index (χ1) is 8.70. The minimum Gasteiger partial charge on any atom is -0.465 e. The Bertz CT molecular complexity index is 561. The summed E-state index contributed by atoms with van der Waals surface area (Å²) in [5.74, 6) is -0.447. The number of rotatable bonds is 3. The zero-order chi connectivity index (χ0) is 13.0. The van der Waals surface area contributed by atoms with Crippen molar-refractivity contribution in [3.8, 4) is 0 Å². The molecule has 2 aromatic rings. The Labute approximate surface area is 108 Å². The van der Waals surface area contributed by atoms with Crippen LogP contribution in [-0.2, 0) is 4.74 Å². The number of esters is 1. The van der Waals surface area contributed by atoms with E-state index in [0.717, 1.165) is 9.92 Å². The second-order valence-corrected chi connectivity index (χ2v) is 4.48. The number of carbonyl (C=O) groups is 1. The highest BCUT2D eigenvalue weighted by Crippen LogP contribution is 2.28. The van der Waals surface area contributed by atoms with Crippen LogP contribution in [0.15, 0.2) is 46.7 Å². The number of nitrogens with two attached hydrogens (primary N) is 1. The third-order valence-corrected chi connectivity index (χ3v) is 3.15. The molecule has 5 nitrogen and oxygen atoms in total. The smallest absolute Gasteiger partial charge is 0.339 e. The molecule has 0 amide bonds. The molecule has 0 aliphatic carbocycles. The van der Waals surface area contributed by atoms with Gasteiger partial charge in [0.1, 0.15) is 11.4 Å². The molecule has 0 radical (unpaired) electrons. The summed E-state index contributed by atoms with van der Waals surface area (Å²) in [6.07, 6.45) is 3.13. The van der Waals surface area contributed by atoms with Crippen LogP contribution in [0.5, 0.6) is 0 Å². The Morgan fingerprint density at radius 1 is 1.39 bits per heavy atom. The number of methoxy groups -OCH3 is 1. The van der Waals surface area contributed by atoms with Crippen LogP contribution in [-0.4, -0.2) is 23.0 Å². The van der Waals surface area contributed by atoms with Crippen molar-refractivity contribution >= 4 is 23.4 Å². The van der Waals surface area contributed by atoms with Gasteiger partial charge in [-0.25, -0.2) is 14.8 Å². The summed E-state index contributed by atoms with van der Waals surface area (Å²) < 4.78 is 4.67. The van der Waals surface area contributed by atoms with Crippen LogP contribution in [0.1, 0.15) is 10.4 Å². The van der Waals surface area contributed by atoms with Crippen LogP contribution in [0.25, 0.3) is 0 Å². The number of ether oxygens (including phenoxy) is 1. The first-order valence-corrected chi connectivity index (χ1v) is 5.94. The van der Waals surface area contributed by atoms with Crippen LogP contribution in [0.4, 0.5) is 5.69 Å². The Kier molecular flexibility index (Phi) is 3.78. The Morgan fingerprint density at radius 2 is 2.22 bits per heavy atom. The average molecular weight is 261 g/mol. The highest BCUT2D eigenvalue weighted by Gasteiger charge is 2.11. The first kappa shape index (κ1) is 12.4. The molecular weight excluding hydrogens is 250 g/mol. The fraction of sp³-hybridized carbons (Fsp3) is 0.0833. The number of anilines is 1. The fourth-order valence-electron chi connectivity index (χ4n) is 1.35. The van der Waals surface area contributed by atoms with E-state index < -0.39 is 5.97 Å². The van der Waals surface area contributed by atoms with Crippen LogP contribution in [0.3, 0.4) is 0 Å². The predicted molar refractivity (Wildman–Crippen MR) is 68.3 cm³/mol. The molecule has 0 saturated carbocycles. The van der Waals surface area contributed by atoms with Crippen molar-refractivity contribution < 1.29 is 9.53 Å². The summed E-state index contributed by atoms with van der Waals surface area (Å²) in [6.45, 7) is 0. The maximum absolute atomic E-state index is 11.5. The molecule has 1 aromatic carbocycles. The molecule has 0 atom stereocenters. The molecule has 2 rings (SSSR count). The van der Waals surface area contributed by atoms with E-state index in [1.807, 2.05) is 6.07 Å². The third-order valence-electron chi connectivity index (χ3n) is 2.21. The van der Waals surface area contributed by atoms with E-state index in [2.05, 4.69) is 14.7 Å². The van der Waals surface area contributed by atoms with Crippen LogP contribution >= 0.6 is 11.8 Å². The van der Waals surface area contributed by atoms with E-state index in [1.54, 1.807) is 24.4 Å². The topological polar surface area (TPSA) is 78.1 Å². The minimum absolute atomic E-state index is 0.358. The maximum atomic E-state index is 11.5. The normalized spacial score (nSPS) is 10.1. The lowest BCUT2D eigenvalue weighted by Crippen LogP contribution is -2.05. The van der Waals surface area contributed by atoms with Gasteiger partial charge in [0.15, 0.2) is 0 Å². The summed E-state index contributed by atoms with van der Waals surface area (Å²) >= 11 is 1.42. The van der Waals surface area contributed by atoms with Gasteiger partial charge in [-0.2, -0.15) is 0 Å². The molecule has 0 aliphatic rings. The highest BCUT2D eigenvalue weighted by atomic mass is 32.2. The Hall–Kier alpha value is -2.08. The van der Waals surface area contributed by atoms with Gasteiger partial charge in [0.05, 0.1) is 12.7 Å². The molecule has 0 saturated heterocycles. The quantitative estimate of drug-likeness (QED) is 0.517. The van der Waals surface area contributed by atoms with E-state index in [-0.39, 0.29) is 0 Å². The molecule has 0 spiro atoms. The lowest BCUT2D eigenvalue weighted by molar-refractivity contribution is 0.0601. The predicted octanol–water partition coefficient (Wildman–Crippen LogP) is 2.00. The third kappa shape index (κ3) is 2.78. The van der Waals surface area contributed by atoms with E-state index in [0.29, 0.717) is 11.3 Å². The zero-order valence-electron chi connectivity index (χ0n) is 9.66.